The van der Waals surface area contributed by atoms with Crippen molar-refractivity contribution in [1.82, 2.24) is 14.8 Å². The summed E-state index contributed by atoms with van der Waals surface area (Å²) in [6.45, 7) is 0.198. The van der Waals surface area contributed by atoms with Crippen LogP contribution in [-0.4, -0.2) is 26.6 Å². The number of carbonyl (C=O) groups is 2. The molecule has 7 nitrogen and oxygen atoms in total. The van der Waals surface area contributed by atoms with Crippen molar-refractivity contribution >= 4 is 17.6 Å². The molecule has 3 rings (SSSR count). The molecule has 0 fully saturated rings. The smallest absolute Gasteiger partial charge is 0.285 e. The maximum Gasteiger partial charge on any atom is 0.285 e. The largest absolute Gasteiger partial charge is 0.326 e. The number of anilines is 1. The molecule has 1 aliphatic rings. The predicted octanol–water partition coefficient (Wildman–Crippen LogP) is 0.0744. The Morgan fingerprint density at radius 2 is 2.11 bits per heavy atom. The van der Waals surface area contributed by atoms with Crippen molar-refractivity contribution in [2.75, 3.05) is 4.90 Å². The minimum Gasteiger partial charge on any atom is -0.326 e. The highest BCUT2D eigenvalue weighted by molar-refractivity contribution is 6.33. The molecule has 2 aromatic heterocycles. The SMILES string of the molecule is Cn1ncc(CN)c1N1C(=O)c2cccnc2C1=O. The van der Waals surface area contributed by atoms with Crippen molar-refractivity contribution in [3.8, 4) is 0 Å². The number of fused-ring (bicyclic) bond motifs is 1. The lowest BCUT2D eigenvalue weighted by Crippen LogP contribution is -2.32. The van der Waals surface area contributed by atoms with Crippen LogP contribution in [0.25, 0.3) is 0 Å². The molecule has 0 atom stereocenters. The zero-order valence-corrected chi connectivity index (χ0v) is 10.2. The average molecular weight is 257 g/mol. The standard InChI is InChI=1S/C12H11N5O2/c1-16-10(7(5-13)6-15-16)17-11(18)8-3-2-4-14-9(8)12(17)19/h2-4,6H,5,13H2,1H3. The van der Waals surface area contributed by atoms with E-state index >= 15 is 0 Å². The zero-order chi connectivity index (χ0) is 13.6. The average Bonchev–Trinajstić information content (AvgIpc) is 2.90. The summed E-state index contributed by atoms with van der Waals surface area (Å²) >= 11 is 0. The van der Waals surface area contributed by atoms with Crippen LogP contribution in [0.5, 0.6) is 0 Å². The molecule has 0 spiro atoms. The number of nitrogens with two attached hydrogens (primary N) is 1. The van der Waals surface area contributed by atoms with Gasteiger partial charge in [0.1, 0.15) is 11.5 Å². The van der Waals surface area contributed by atoms with E-state index in [0.717, 1.165) is 4.90 Å². The number of aryl methyl sites for hydroxylation is 1. The normalized spacial score (nSPS) is 14.1. The first-order valence-corrected chi connectivity index (χ1v) is 5.70. The second-order valence-corrected chi connectivity index (χ2v) is 4.17. The first-order chi connectivity index (χ1) is 9.15. The van der Waals surface area contributed by atoms with E-state index in [4.69, 9.17) is 5.73 Å². The molecule has 2 aromatic rings. The quantitative estimate of drug-likeness (QED) is 0.768. The molecule has 0 saturated heterocycles. The lowest BCUT2D eigenvalue weighted by molar-refractivity contribution is 0.0922. The fourth-order valence-corrected chi connectivity index (χ4v) is 2.17. The number of rotatable bonds is 2. The van der Waals surface area contributed by atoms with Crippen LogP contribution >= 0.6 is 0 Å². The third-order valence-electron chi connectivity index (χ3n) is 3.06. The lowest BCUT2D eigenvalue weighted by Gasteiger charge is -2.15. The van der Waals surface area contributed by atoms with E-state index in [2.05, 4.69) is 10.1 Å². The first-order valence-electron chi connectivity index (χ1n) is 5.70. The Morgan fingerprint density at radius 1 is 1.32 bits per heavy atom. The van der Waals surface area contributed by atoms with Crippen LogP contribution in [0.15, 0.2) is 24.5 Å². The van der Waals surface area contributed by atoms with Gasteiger partial charge in [0.05, 0.1) is 11.8 Å². The second kappa shape index (κ2) is 3.99. The van der Waals surface area contributed by atoms with Gasteiger partial charge >= 0.3 is 0 Å². The van der Waals surface area contributed by atoms with E-state index < -0.39 is 11.8 Å². The van der Waals surface area contributed by atoms with Gasteiger partial charge in [0.15, 0.2) is 0 Å². The van der Waals surface area contributed by atoms with Gasteiger partial charge in [-0.1, -0.05) is 0 Å². The van der Waals surface area contributed by atoms with Crippen molar-refractivity contribution in [2.45, 2.75) is 6.54 Å². The van der Waals surface area contributed by atoms with Crippen molar-refractivity contribution in [2.24, 2.45) is 12.8 Å². The summed E-state index contributed by atoms with van der Waals surface area (Å²) in [6.07, 6.45) is 3.03. The molecule has 7 heteroatoms. The van der Waals surface area contributed by atoms with E-state index in [1.54, 1.807) is 25.4 Å². The van der Waals surface area contributed by atoms with Crippen LogP contribution in [0, 0.1) is 0 Å². The molecule has 0 aliphatic carbocycles. The number of pyridine rings is 1. The summed E-state index contributed by atoms with van der Waals surface area (Å²) in [5, 5.41) is 4.03. The van der Waals surface area contributed by atoms with Crippen molar-refractivity contribution in [3.63, 3.8) is 0 Å². The van der Waals surface area contributed by atoms with Gasteiger partial charge in [0.25, 0.3) is 11.8 Å². The summed E-state index contributed by atoms with van der Waals surface area (Å²) in [5.74, 6) is -0.444. The Kier molecular flexibility index (Phi) is 2.42. The lowest BCUT2D eigenvalue weighted by atomic mass is 10.2. The van der Waals surface area contributed by atoms with Gasteiger partial charge in [-0.25, -0.2) is 4.90 Å². The minimum absolute atomic E-state index is 0.164. The van der Waals surface area contributed by atoms with Crippen molar-refractivity contribution in [3.05, 3.63) is 41.3 Å². The van der Waals surface area contributed by atoms with Gasteiger partial charge in [0, 0.05) is 25.4 Å². The van der Waals surface area contributed by atoms with Gasteiger partial charge in [-0.2, -0.15) is 5.10 Å². The number of nitrogens with zero attached hydrogens (tertiary/aromatic N) is 4. The van der Waals surface area contributed by atoms with Gasteiger partial charge < -0.3 is 5.73 Å². The van der Waals surface area contributed by atoms with Crippen LogP contribution in [0.3, 0.4) is 0 Å². The molecule has 1 aliphatic heterocycles. The summed E-state index contributed by atoms with van der Waals surface area (Å²) in [6, 6.07) is 3.21. The van der Waals surface area contributed by atoms with E-state index in [1.807, 2.05) is 0 Å². The minimum atomic E-state index is -0.445. The monoisotopic (exact) mass is 257 g/mol. The van der Waals surface area contributed by atoms with Crippen LogP contribution in [0.1, 0.15) is 26.4 Å². The van der Waals surface area contributed by atoms with E-state index in [1.165, 1.54) is 10.9 Å². The predicted molar refractivity (Wildman–Crippen MR) is 66.5 cm³/mol. The molecule has 0 unspecified atom stereocenters. The van der Waals surface area contributed by atoms with Gasteiger partial charge in [-0.3, -0.25) is 19.3 Å². The third kappa shape index (κ3) is 1.48. The van der Waals surface area contributed by atoms with E-state index in [9.17, 15) is 9.59 Å². The summed E-state index contributed by atoms with van der Waals surface area (Å²) in [7, 11) is 1.66. The molecule has 19 heavy (non-hydrogen) atoms. The summed E-state index contributed by atoms with van der Waals surface area (Å²) < 4.78 is 1.46. The molecule has 2 amide bonds. The molecule has 0 radical (unpaired) electrons. The molecular weight excluding hydrogens is 246 g/mol. The van der Waals surface area contributed by atoms with Crippen LogP contribution in [0.2, 0.25) is 0 Å². The summed E-state index contributed by atoms with van der Waals surface area (Å²) in [4.78, 5) is 29.6. The molecule has 2 N–H and O–H groups in total. The van der Waals surface area contributed by atoms with Crippen LogP contribution in [-0.2, 0) is 13.6 Å². The number of hydrogen-bond donors (Lipinski definition) is 1. The Labute approximate surface area is 108 Å². The molecule has 96 valence electrons. The summed E-state index contributed by atoms with van der Waals surface area (Å²) in [5.41, 5.74) is 6.71. The van der Waals surface area contributed by atoms with Gasteiger partial charge in [-0.05, 0) is 12.1 Å². The van der Waals surface area contributed by atoms with Crippen LogP contribution in [0.4, 0.5) is 5.82 Å². The Bertz CT molecular complexity index is 656. The highest BCUT2D eigenvalue weighted by Gasteiger charge is 2.40. The third-order valence-corrected chi connectivity index (χ3v) is 3.06. The van der Waals surface area contributed by atoms with Gasteiger partial charge in [-0.15, -0.1) is 0 Å². The zero-order valence-electron chi connectivity index (χ0n) is 10.2. The number of hydrogen-bond acceptors (Lipinski definition) is 5. The highest BCUT2D eigenvalue weighted by atomic mass is 16.2. The molecule has 0 bridgehead atoms. The van der Waals surface area contributed by atoms with E-state index in [-0.39, 0.29) is 12.2 Å². The van der Waals surface area contributed by atoms with Crippen molar-refractivity contribution in [1.29, 1.82) is 0 Å². The van der Waals surface area contributed by atoms with Crippen molar-refractivity contribution < 1.29 is 9.59 Å². The fraction of sp³-hybridized carbons (Fsp3) is 0.167. The maximum absolute atomic E-state index is 12.3. The van der Waals surface area contributed by atoms with E-state index in [0.29, 0.717) is 16.9 Å². The fourth-order valence-electron chi connectivity index (χ4n) is 2.17. The number of carbonyl (C=O) groups excluding carboxylic acids is 2. The molecule has 0 saturated carbocycles. The number of imide groups is 1. The Balaban J connectivity index is 2.17. The number of amides is 2. The highest BCUT2D eigenvalue weighted by Crippen LogP contribution is 2.28. The first kappa shape index (κ1) is 11.5. The molecular formula is C12H11N5O2. The molecule has 3 heterocycles. The Morgan fingerprint density at radius 3 is 2.79 bits per heavy atom. The van der Waals surface area contributed by atoms with Crippen LogP contribution < -0.4 is 10.6 Å². The maximum atomic E-state index is 12.3. The number of aromatic nitrogens is 3. The van der Waals surface area contributed by atoms with Gasteiger partial charge in [0.2, 0.25) is 0 Å². The topological polar surface area (TPSA) is 94.1 Å². The second-order valence-electron chi connectivity index (χ2n) is 4.17. The Hall–Kier alpha value is -2.54. The molecule has 0 aromatic carbocycles.